The number of hydrogen-bond acceptors (Lipinski definition) is 4. The summed E-state index contributed by atoms with van der Waals surface area (Å²) in [7, 11) is -3.16. The van der Waals surface area contributed by atoms with Crippen molar-refractivity contribution in [2.45, 2.75) is 52.4 Å². The molecule has 0 spiro atoms. The highest BCUT2D eigenvalue weighted by Gasteiger charge is 2.09. The average molecular weight is 375 g/mol. The van der Waals surface area contributed by atoms with E-state index in [9.17, 15) is 13.2 Å². The normalized spacial score (nSPS) is 11.8. The third-order valence-electron chi connectivity index (χ3n) is 3.61. The highest BCUT2D eigenvalue weighted by atomic mass is 32.2. The Bertz CT molecular complexity index is 595. The lowest BCUT2D eigenvalue weighted by atomic mass is 10.0. The highest BCUT2D eigenvalue weighted by molar-refractivity contribution is 7.88. The van der Waals surface area contributed by atoms with Gasteiger partial charge in [0.15, 0.2) is 0 Å². The van der Waals surface area contributed by atoms with Gasteiger partial charge in [0.25, 0.3) is 5.91 Å². The minimum Gasteiger partial charge on any atom is -0.351 e. The molecule has 1 rings (SSSR count). The second kappa shape index (κ2) is 10.8. The summed E-state index contributed by atoms with van der Waals surface area (Å²) >= 11 is 1.42. The van der Waals surface area contributed by atoms with Crippen molar-refractivity contribution in [1.82, 2.24) is 10.0 Å². The van der Waals surface area contributed by atoms with E-state index in [2.05, 4.69) is 23.9 Å². The first-order valence-corrected chi connectivity index (χ1v) is 11.3. The Morgan fingerprint density at radius 1 is 1.12 bits per heavy atom. The van der Waals surface area contributed by atoms with E-state index in [4.69, 9.17) is 0 Å². The Balaban J connectivity index is 2.19. The molecule has 0 atom stereocenters. The van der Waals surface area contributed by atoms with Gasteiger partial charge in [-0.25, -0.2) is 13.1 Å². The van der Waals surface area contributed by atoms with Crippen LogP contribution in [0.3, 0.4) is 0 Å². The summed E-state index contributed by atoms with van der Waals surface area (Å²) < 4.78 is 24.5. The third-order valence-corrected chi connectivity index (χ3v) is 5.49. The van der Waals surface area contributed by atoms with Crippen LogP contribution in [0, 0.1) is 5.92 Å². The van der Waals surface area contributed by atoms with Crippen LogP contribution in [0.1, 0.15) is 60.5 Å². The molecule has 1 heterocycles. The number of carbonyl (C=O) groups is 1. The molecule has 7 heteroatoms. The third kappa shape index (κ3) is 10.1. The van der Waals surface area contributed by atoms with E-state index in [1.807, 2.05) is 6.07 Å². The first kappa shape index (κ1) is 21.1. The molecule has 0 aliphatic rings. The van der Waals surface area contributed by atoms with E-state index in [1.54, 1.807) is 6.07 Å². The number of amides is 1. The minimum absolute atomic E-state index is 0.0375. The van der Waals surface area contributed by atoms with Crippen LogP contribution in [0.4, 0.5) is 0 Å². The van der Waals surface area contributed by atoms with Crippen LogP contribution in [-0.2, 0) is 16.4 Å². The molecule has 2 N–H and O–H groups in total. The summed E-state index contributed by atoms with van der Waals surface area (Å²) in [4.78, 5) is 13.7. The predicted molar refractivity (Wildman–Crippen MR) is 101 cm³/mol. The quantitative estimate of drug-likeness (QED) is 0.552. The summed E-state index contributed by atoms with van der Waals surface area (Å²) in [5, 5.41) is 2.95. The van der Waals surface area contributed by atoms with Crippen molar-refractivity contribution < 1.29 is 13.2 Å². The van der Waals surface area contributed by atoms with Crippen LogP contribution in [0.25, 0.3) is 0 Å². The molecule has 0 saturated carbocycles. The fourth-order valence-electron chi connectivity index (χ4n) is 2.31. The smallest absolute Gasteiger partial charge is 0.261 e. The molecule has 0 fully saturated rings. The first-order chi connectivity index (χ1) is 11.3. The number of hydrogen-bond donors (Lipinski definition) is 2. The highest BCUT2D eigenvalue weighted by Crippen LogP contribution is 2.17. The topological polar surface area (TPSA) is 75.3 Å². The van der Waals surface area contributed by atoms with E-state index < -0.39 is 10.0 Å². The molecule has 0 unspecified atom stereocenters. The summed E-state index contributed by atoms with van der Waals surface area (Å²) in [6.07, 6.45) is 7.68. The number of carbonyl (C=O) groups excluding carboxylic acids is 1. The Labute approximate surface area is 150 Å². The van der Waals surface area contributed by atoms with Gasteiger partial charge in [-0.15, -0.1) is 11.3 Å². The standard InChI is InChI=1S/C17H30N2O3S2/c1-14(2)8-6-4-5-7-12-18-17(20)16-10-9-15(23-16)11-13-19-24(3,21)22/h9-10,14,19H,4-8,11-13H2,1-3H3,(H,18,20). The average Bonchev–Trinajstić information content (AvgIpc) is 2.93. The van der Waals surface area contributed by atoms with E-state index >= 15 is 0 Å². The van der Waals surface area contributed by atoms with Crippen molar-refractivity contribution in [3.05, 3.63) is 21.9 Å². The van der Waals surface area contributed by atoms with Crippen molar-refractivity contribution in [3.8, 4) is 0 Å². The molecule has 0 saturated heterocycles. The van der Waals surface area contributed by atoms with Crippen LogP contribution in [0.5, 0.6) is 0 Å². The van der Waals surface area contributed by atoms with Gasteiger partial charge in [-0.3, -0.25) is 4.79 Å². The Morgan fingerprint density at radius 2 is 1.83 bits per heavy atom. The van der Waals surface area contributed by atoms with Gasteiger partial charge in [0.1, 0.15) is 0 Å². The molecule has 5 nitrogen and oxygen atoms in total. The molecule has 0 aliphatic heterocycles. The van der Waals surface area contributed by atoms with Gasteiger partial charge in [-0.2, -0.15) is 0 Å². The van der Waals surface area contributed by atoms with Crippen molar-refractivity contribution in [2.75, 3.05) is 19.3 Å². The number of rotatable bonds is 12. The molecule has 1 aromatic rings. The maximum Gasteiger partial charge on any atom is 0.261 e. The van der Waals surface area contributed by atoms with E-state index in [0.29, 0.717) is 24.4 Å². The maximum atomic E-state index is 12.1. The minimum atomic E-state index is -3.16. The number of unbranched alkanes of at least 4 members (excludes halogenated alkanes) is 3. The van der Waals surface area contributed by atoms with Gasteiger partial charge in [0.05, 0.1) is 11.1 Å². The zero-order chi connectivity index (χ0) is 18.0. The van der Waals surface area contributed by atoms with Gasteiger partial charge in [-0.05, 0) is 30.9 Å². The van der Waals surface area contributed by atoms with E-state index in [-0.39, 0.29) is 5.91 Å². The molecular weight excluding hydrogens is 344 g/mol. The molecule has 0 aliphatic carbocycles. The Hall–Kier alpha value is -0.920. The van der Waals surface area contributed by atoms with E-state index in [1.165, 1.54) is 30.6 Å². The van der Waals surface area contributed by atoms with E-state index in [0.717, 1.165) is 29.9 Å². The molecule has 1 aromatic heterocycles. The van der Waals surface area contributed by atoms with Crippen LogP contribution in [-0.4, -0.2) is 33.7 Å². The predicted octanol–water partition coefficient (Wildman–Crippen LogP) is 3.18. The summed E-state index contributed by atoms with van der Waals surface area (Å²) in [6, 6.07) is 3.69. The Morgan fingerprint density at radius 3 is 2.50 bits per heavy atom. The van der Waals surface area contributed by atoms with Gasteiger partial charge >= 0.3 is 0 Å². The summed E-state index contributed by atoms with van der Waals surface area (Å²) in [5.74, 6) is 0.731. The lowest BCUT2D eigenvalue weighted by Gasteiger charge is -2.05. The zero-order valence-corrected chi connectivity index (χ0v) is 16.6. The van der Waals surface area contributed by atoms with Crippen LogP contribution >= 0.6 is 11.3 Å². The number of thiophene rings is 1. The Kier molecular flexibility index (Phi) is 9.54. The molecule has 1 amide bonds. The second-order valence-corrected chi connectivity index (χ2v) is 9.54. The largest absolute Gasteiger partial charge is 0.351 e. The molecule has 0 radical (unpaired) electrons. The summed E-state index contributed by atoms with van der Waals surface area (Å²) in [5.41, 5.74) is 0. The molecule has 138 valence electrons. The zero-order valence-electron chi connectivity index (χ0n) is 14.9. The van der Waals surface area contributed by atoms with Gasteiger partial charge in [0.2, 0.25) is 10.0 Å². The molecule has 0 bridgehead atoms. The summed E-state index contributed by atoms with van der Waals surface area (Å²) in [6.45, 7) is 5.56. The fourth-order valence-corrected chi connectivity index (χ4v) is 3.71. The second-order valence-electron chi connectivity index (χ2n) is 6.54. The number of nitrogens with one attached hydrogen (secondary N) is 2. The molecular formula is C17H30N2O3S2. The van der Waals surface area contributed by atoms with Gasteiger partial charge in [0, 0.05) is 18.0 Å². The lowest BCUT2D eigenvalue weighted by molar-refractivity contribution is 0.0957. The van der Waals surface area contributed by atoms with Crippen molar-refractivity contribution >= 4 is 27.3 Å². The lowest BCUT2D eigenvalue weighted by Crippen LogP contribution is -2.24. The van der Waals surface area contributed by atoms with Gasteiger partial charge < -0.3 is 5.32 Å². The maximum absolute atomic E-state index is 12.1. The van der Waals surface area contributed by atoms with Crippen LogP contribution < -0.4 is 10.0 Å². The van der Waals surface area contributed by atoms with Crippen molar-refractivity contribution in [1.29, 1.82) is 0 Å². The van der Waals surface area contributed by atoms with Crippen LogP contribution in [0.2, 0.25) is 0 Å². The monoisotopic (exact) mass is 374 g/mol. The van der Waals surface area contributed by atoms with Crippen molar-refractivity contribution in [3.63, 3.8) is 0 Å². The SMILES string of the molecule is CC(C)CCCCCCNC(=O)c1ccc(CCNS(C)(=O)=O)s1. The van der Waals surface area contributed by atoms with Crippen molar-refractivity contribution in [2.24, 2.45) is 5.92 Å². The van der Waals surface area contributed by atoms with Gasteiger partial charge in [-0.1, -0.05) is 39.5 Å². The number of sulfonamides is 1. The molecule has 24 heavy (non-hydrogen) atoms. The first-order valence-electron chi connectivity index (χ1n) is 8.59. The molecule has 0 aromatic carbocycles. The van der Waals surface area contributed by atoms with Crippen LogP contribution in [0.15, 0.2) is 12.1 Å². The fraction of sp³-hybridized carbons (Fsp3) is 0.706.